The van der Waals surface area contributed by atoms with Crippen LogP contribution in [0.5, 0.6) is 0 Å². The zero-order chi connectivity index (χ0) is 15.0. The van der Waals surface area contributed by atoms with Gasteiger partial charge in [0.1, 0.15) is 0 Å². The minimum absolute atomic E-state index is 0.238. The van der Waals surface area contributed by atoms with E-state index in [-0.39, 0.29) is 5.78 Å². The number of Topliss-reactive ketones (excluding diaryl/α,β-unsaturated/α-hetero) is 1. The van der Waals surface area contributed by atoms with Crippen LogP contribution in [0.25, 0.3) is 0 Å². The molecule has 0 aromatic rings. The summed E-state index contributed by atoms with van der Waals surface area (Å²) in [6.07, 6.45) is 7.97. The van der Waals surface area contributed by atoms with Crippen LogP contribution in [0.1, 0.15) is 65.7 Å². The number of hydrogen-bond acceptors (Lipinski definition) is 3. The van der Waals surface area contributed by atoms with Crippen LogP contribution in [0.2, 0.25) is 0 Å². The van der Waals surface area contributed by atoms with Gasteiger partial charge in [-0.1, -0.05) is 20.8 Å². The van der Waals surface area contributed by atoms with E-state index in [2.05, 4.69) is 25.7 Å². The lowest BCUT2D eigenvalue weighted by molar-refractivity contribution is -0.130. The van der Waals surface area contributed by atoms with Gasteiger partial charge in [0, 0.05) is 12.5 Å². The zero-order valence-corrected chi connectivity index (χ0v) is 13.4. The van der Waals surface area contributed by atoms with E-state index < -0.39 is 0 Å². The first-order valence-electron chi connectivity index (χ1n) is 8.34. The van der Waals surface area contributed by atoms with Crippen molar-refractivity contribution >= 4 is 12.1 Å². The Balaban J connectivity index is 2.54. The lowest BCUT2D eigenvalue weighted by Crippen LogP contribution is -2.41. The highest BCUT2D eigenvalue weighted by molar-refractivity contribution is 6.24. The normalized spacial score (nSPS) is 26.7. The van der Waals surface area contributed by atoms with Gasteiger partial charge in [0.15, 0.2) is 12.1 Å². The number of aldehydes is 1. The third-order valence-electron chi connectivity index (χ3n) is 4.77. The minimum Gasteiger partial charge on any atom is -0.300 e. The second kappa shape index (κ2) is 9.28. The molecule has 20 heavy (non-hydrogen) atoms. The average molecular weight is 281 g/mol. The predicted molar refractivity (Wildman–Crippen MR) is 82.8 cm³/mol. The van der Waals surface area contributed by atoms with Crippen molar-refractivity contribution in [1.82, 2.24) is 4.90 Å². The standard InChI is InChI=1S/C17H31NO2/c1-4-10-18(11-5-2)16-8-6-14(3)15(12-16)7-9-17(20)13-19/h13-16H,4-12H2,1-3H3. The van der Waals surface area contributed by atoms with Crippen molar-refractivity contribution in [3.8, 4) is 0 Å². The van der Waals surface area contributed by atoms with Crippen LogP contribution in [0.15, 0.2) is 0 Å². The van der Waals surface area contributed by atoms with Gasteiger partial charge >= 0.3 is 0 Å². The molecule has 0 aromatic heterocycles. The largest absolute Gasteiger partial charge is 0.300 e. The van der Waals surface area contributed by atoms with E-state index in [4.69, 9.17) is 0 Å². The smallest absolute Gasteiger partial charge is 0.195 e. The number of carbonyl (C=O) groups is 2. The second-order valence-corrected chi connectivity index (χ2v) is 6.36. The summed E-state index contributed by atoms with van der Waals surface area (Å²) in [5.74, 6) is 1.06. The summed E-state index contributed by atoms with van der Waals surface area (Å²) < 4.78 is 0. The first-order chi connectivity index (χ1) is 9.62. The number of carbonyl (C=O) groups excluding carboxylic acids is 2. The van der Waals surface area contributed by atoms with Crippen LogP contribution < -0.4 is 0 Å². The van der Waals surface area contributed by atoms with Gasteiger partial charge in [0.25, 0.3) is 0 Å². The molecule has 0 bridgehead atoms. The summed E-state index contributed by atoms with van der Waals surface area (Å²) >= 11 is 0. The number of ketones is 1. The summed E-state index contributed by atoms with van der Waals surface area (Å²) in [7, 11) is 0. The lowest BCUT2D eigenvalue weighted by Gasteiger charge is -2.40. The van der Waals surface area contributed by atoms with Gasteiger partial charge in [-0.2, -0.15) is 0 Å². The van der Waals surface area contributed by atoms with Crippen LogP contribution in [0.3, 0.4) is 0 Å². The molecule has 0 aromatic carbocycles. The van der Waals surface area contributed by atoms with E-state index in [0.717, 1.165) is 6.42 Å². The van der Waals surface area contributed by atoms with Gasteiger partial charge in [0.2, 0.25) is 0 Å². The molecular weight excluding hydrogens is 250 g/mol. The highest BCUT2D eigenvalue weighted by Gasteiger charge is 2.30. The summed E-state index contributed by atoms with van der Waals surface area (Å²) in [5, 5.41) is 0. The molecule has 0 aliphatic heterocycles. The molecule has 1 saturated carbocycles. The molecule has 0 N–H and O–H groups in total. The van der Waals surface area contributed by atoms with Gasteiger partial charge in [-0.25, -0.2) is 0 Å². The first-order valence-corrected chi connectivity index (χ1v) is 8.34. The highest BCUT2D eigenvalue weighted by atomic mass is 16.2. The van der Waals surface area contributed by atoms with Crippen molar-refractivity contribution < 1.29 is 9.59 Å². The molecule has 1 fully saturated rings. The van der Waals surface area contributed by atoms with Gasteiger partial charge < -0.3 is 4.90 Å². The SMILES string of the molecule is CCCN(CCC)C1CCC(C)C(CCC(=O)C=O)C1. The summed E-state index contributed by atoms with van der Waals surface area (Å²) in [4.78, 5) is 24.3. The number of nitrogens with zero attached hydrogens (tertiary/aromatic N) is 1. The zero-order valence-electron chi connectivity index (χ0n) is 13.4. The summed E-state index contributed by atoms with van der Waals surface area (Å²) in [6.45, 7) is 9.17. The van der Waals surface area contributed by atoms with Crippen molar-refractivity contribution in [3.63, 3.8) is 0 Å². The van der Waals surface area contributed by atoms with Crippen LogP contribution >= 0.6 is 0 Å². The maximum absolute atomic E-state index is 11.2. The maximum Gasteiger partial charge on any atom is 0.195 e. The Bertz CT molecular complexity index is 297. The van der Waals surface area contributed by atoms with Crippen LogP contribution in [0, 0.1) is 11.8 Å². The van der Waals surface area contributed by atoms with Crippen LogP contribution in [0.4, 0.5) is 0 Å². The quantitative estimate of drug-likeness (QED) is 0.480. The Morgan fingerprint density at radius 1 is 1.20 bits per heavy atom. The van der Waals surface area contributed by atoms with Gasteiger partial charge in [-0.3, -0.25) is 9.59 Å². The predicted octanol–water partition coefficient (Wildman–Crippen LogP) is 3.46. The lowest BCUT2D eigenvalue weighted by atomic mass is 9.75. The maximum atomic E-state index is 11.2. The molecule has 0 spiro atoms. The summed E-state index contributed by atoms with van der Waals surface area (Å²) in [6, 6.07) is 0.683. The minimum atomic E-state index is -0.238. The molecule has 3 nitrogen and oxygen atoms in total. The van der Waals surface area contributed by atoms with Crippen molar-refractivity contribution in [2.75, 3.05) is 13.1 Å². The number of rotatable bonds is 9. The molecular formula is C17H31NO2. The molecule has 1 rings (SSSR count). The van der Waals surface area contributed by atoms with E-state index in [1.807, 2.05) is 0 Å². The Morgan fingerprint density at radius 2 is 1.85 bits per heavy atom. The van der Waals surface area contributed by atoms with Crippen LogP contribution in [-0.2, 0) is 9.59 Å². The Morgan fingerprint density at radius 3 is 2.40 bits per heavy atom. The van der Waals surface area contributed by atoms with E-state index in [9.17, 15) is 9.59 Å². The molecule has 0 saturated heterocycles. The second-order valence-electron chi connectivity index (χ2n) is 6.36. The fourth-order valence-electron chi connectivity index (χ4n) is 3.56. The van der Waals surface area contributed by atoms with Crippen molar-refractivity contribution in [2.45, 2.75) is 71.8 Å². The van der Waals surface area contributed by atoms with E-state index >= 15 is 0 Å². The fraction of sp³-hybridized carbons (Fsp3) is 0.882. The van der Waals surface area contributed by atoms with Crippen molar-refractivity contribution in [2.24, 2.45) is 11.8 Å². The van der Waals surface area contributed by atoms with E-state index in [0.29, 0.717) is 30.6 Å². The monoisotopic (exact) mass is 281 g/mol. The Kier molecular flexibility index (Phi) is 8.05. The molecule has 1 aliphatic carbocycles. The Labute approximate surface area is 124 Å². The highest BCUT2D eigenvalue weighted by Crippen LogP contribution is 2.35. The summed E-state index contributed by atoms with van der Waals surface area (Å²) in [5.41, 5.74) is 0. The molecule has 3 heteroatoms. The molecule has 3 atom stereocenters. The third-order valence-corrected chi connectivity index (χ3v) is 4.77. The van der Waals surface area contributed by atoms with Crippen molar-refractivity contribution in [1.29, 1.82) is 0 Å². The Hall–Kier alpha value is -0.700. The molecule has 1 aliphatic rings. The molecule has 0 heterocycles. The van der Waals surface area contributed by atoms with Crippen molar-refractivity contribution in [3.05, 3.63) is 0 Å². The molecule has 0 amide bonds. The average Bonchev–Trinajstić information content (AvgIpc) is 2.46. The van der Waals surface area contributed by atoms with Crippen LogP contribution in [-0.4, -0.2) is 36.1 Å². The molecule has 0 radical (unpaired) electrons. The van der Waals surface area contributed by atoms with E-state index in [1.165, 1.54) is 45.2 Å². The number of hydrogen-bond donors (Lipinski definition) is 0. The first kappa shape index (κ1) is 17.4. The van der Waals surface area contributed by atoms with Gasteiger partial charge in [-0.05, 0) is 63.5 Å². The fourth-order valence-corrected chi connectivity index (χ4v) is 3.56. The third kappa shape index (κ3) is 5.35. The van der Waals surface area contributed by atoms with E-state index in [1.54, 1.807) is 0 Å². The molecule has 3 unspecified atom stereocenters. The van der Waals surface area contributed by atoms with Gasteiger partial charge in [-0.15, -0.1) is 0 Å². The van der Waals surface area contributed by atoms with Gasteiger partial charge in [0.05, 0.1) is 0 Å². The molecule has 116 valence electrons. The topological polar surface area (TPSA) is 37.4 Å².